The molecule has 0 aromatic rings. The first-order chi connectivity index (χ1) is 6.81. The third-order valence-corrected chi connectivity index (χ3v) is 4.03. The molecule has 3 aliphatic rings. The lowest BCUT2D eigenvalue weighted by Gasteiger charge is -2.26. The fourth-order valence-electron chi connectivity index (χ4n) is 3.53. The number of fused-ring (bicyclic) bond motifs is 5. The van der Waals surface area contributed by atoms with Gasteiger partial charge in [0, 0.05) is 11.8 Å². The molecule has 5 unspecified atom stereocenters. The minimum absolute atomic E-state index is 0.0351. The first-order valence-corrected chi connectivity index (χ1v) is 5.07. The summed E-state index contributed by atoms with van der Waals surface area (Å²) in [5.74, 6) is 1.14. The SMILES string of the molecule is O=COC1CC2CC1C1COC(=O)C21. The molecule has 14 heavy (non-hydrogen) atoms. The Bertz CT molecular complexity index is 288. The molecule has 0 aromatic carbocycles. The van der Waals surface area contributed by atoms with Gasteiger partial charge in [0.05, 0.1) is 12.5 Å². The highest BCUT2D eigenvalue weighted by Gasteiger charge is 2.59. The van der Waals surface area contributed by atoms with Crippen molar-refractivity contribution in [3.63, 3.8) is 0 Å². The first-order valence-electron chi connectivity index (χ1n) is 5.07. The quantitative estimate of drug-likeness (QED) is 0.472. The number of ether oxygens (including phenoxy) is 2. The number of hydrogen-bond acceptors (Lipinski definition) is 4. The van der Waals surface area contributed by atoms with Crippen LogP contribution in [0.5, 0.6) is 0 Å². The Morgan fingerprint density at radius 2 is 2.21 bits per heavy atom. The lowest BCUT2D eigenvalue weighted by molar-refractivity contribution is -0.142. The summed E-state index contributed by atoms with van der Waals surface area (Å²) in [5, 5.41) is 0. The molecule has 0 spiro atoms. The summed E-state index contributed by atoms with van der Waals surface area (Å²) < 4.78 is 10.1. The molecular formula is C10H12O4. The largest absolute Gasteiger partial charge is 0.465 e. The zero-order valence-electron chi connectivity index (χ0n) is 7.72. The second-order valence-electron chi connectivity index (χ2n) is 4.49. The van der Waals surface area contributed by atoms with Crippen molar-refractivity contribution < 1.29 is 19.1 Å². The van der Waals surface area contributed by atoms with E-state index in [0.717, 1.165) is 12.8 Å². The molecule has 1 aliphatic heterocycles. The molecule has 4 heteroatoms. The molecule has 0 aromatic heterocycles. The van der Waals surface area contributed by atoms with Crippen molar-refractivity contribution >= 4 is 12.4 Å². The Morgan fingerprint density at radius 1 is 1.36 bits per heavy atom. The number of esters is 1. The van der Waals surface area contributed by atoms with Crippen LogP contribution in [-0.2, 0) is 19.1 Å². The Labute approximate surface area is 81.6 Å². The van der Waals surface area contributed by atoms with Crippen LogP contribution in [0.2, 0.25) is 0 Å². The van der Waals surface area contributed by atoms with E-state index in [0.29, 0.717) is 30.8 Å². The summed E-state index contributed by atoms with van der Waals surface area (Å²) >= 11 is 0. The molecule has 5 atom stereocenters. The van der Waals surface area contributed by atoms with Gasteiger partial charge in [-0.1, -0.05) is 0 Å². The van der Waals surface area contributed by atoms with Crippen molar-refractivity contribution in [1.29, 1.82) is 0 Å². The van der Waals surface area contributed by atoms with Crippen molar-refractivity contribution in [2.45, 2.75) is 18.9 Å². The topological polar surface area (TPSA) is 52.6 Å². The number of hydrogen-bond donors (Lipinski definition) is 0. The number of carbonyl (C=O) groups excluding carboxylic acids is 2. The van der Waals surface area contributed by atoms with E-state index in [9.17, 15) is 9.59 Å². The van der Waals surface area contributed by atoms with Crippen molar-refractivity contribution in [3.8, 4) is 0 Å². The van der Waals surface area contributed by atoms with Gasteiger partial charge in [0.15, 0.2) is 0 Å². The summed E-state index contributed by atoms with van der Waals surface area (Å²) in [6, 6.07) is 0. The van der Waals surface area contributed by atoms with Gasteiger partial charge in [0.2, 0.25) is 0 Å². The first kappa shape index (κ1) is 8.26. The van der Waals surface area contributed by atoms with Crippen LogP contribution in [0.3, 0.4) is 0 Å². The van der Waals surface area contributed by atoms with Crippen LogP contribution < -0.4 is 0 Å². The summed E-state index contributed by atoms with van der Waals surface area (Å²) in [5.41, 5.74) is 0. The fraction of sp³-hybridized carbons (Fsp3) is 0.800. The second-order valence-corrected chi connectivity index (χ2v) is 4.49. The van der Waals surface area contributed by atoms with Gasteiger partial charge in [0.1, 0.15) is 6.10 Å². The summed E-state index contributed by atoms with van der Waals surface area (Å²) in [6.45, 7) is 1.06. The van der Waals surface area contributed by atoms with Gasteiger partial charge in [-0.05, 0) is 18.8 Å². The molecule has 2 bridgehead atoms. The fourth-order valence-corrected chi connectivity index (χ4v) is 3.53. The van der Waals surface area contributed by atoms with E-state index in [4.69, 9.17) is 9.47 Å². The van der Waals surface area contributed by atoms with E-state index < -0.39 is 0 Å². The van der Waals surface area contributed by atoms with E-state index in [1.165, 1.54) is 0 Å². The van der Waals surface area contributed by atoms with Crippen LogP contribution in [0, 0.1) is 23.7 Å². The van der Waals surface area contributed by atoms with E-state index in [1.807, 2.05) is 0 Å². The van der Waals surface area contributed by atoms with Gasteiger partial charge in [-0.2, -0.15) is 0 Å². The van der Waals surface area contributed by atoms with E-state index in [1.54, 1.807) is 0 Å². The number of rotatable bonds is 2. The Morgan fingerprint density at radius 3 is 3.00 bits per heavy atom. The molecule has 4 nitrogen and oxygen atoms in total. The van der Waals surface area contributed by atoms with E-state index >= 15 is 0 Å². The lowest BCUT2D eigenvalue weighted by atomic mass is 9.80. The van der Waals surface area contributed by atoms with Crippen LogP contribution in [0.4, 0.5) is 0 Å². The molecule has 3 fully saturated rings. The van der Waals surface area contributed by atoms with Crippen molar-refractivity contribution in [3.05, 3.63) is 0 Å². The van der Waals surface area contributed by atoms with Gasteiger partial charge >= 0.3 is 5.97 Å². The highest BCUT2D eigenvalue weighted by Crippen LogP contribution is 2.55. The predicted octanol–water partition coefficient (Wildman–Crippen LogP) is 0.357. The van der Waals surface area contributed by atoms with E-state index in [2.05, 4.69) is 0 Å². The second kappa shape index (κ2) is 2.72. The summed E-state index contributed by atoms with van der Waals surface area (Å²) in [6.07, 6.45) is 1.91. The van der Waals surface area contributed by atoms with Crippen molar-refractivity contribution in [2.75, 3.05) is 6.61 Å². The van der Waals surface area contributed by atoms with Crippen LogP contribution in [0.15, 0.2) is 0 Å². The van der Waals surface area contributed by atoms with Gasteiger partial charge in [0.25, 0.3) is 6.47 Å². The van der Waals surface area contributed by atoms with Crippen LogP contribution in [0.1, 0.15) is 12.8 Å². The van der Waals surface area contributed by atoms with Crippen LogP contribution >= 0.6 is 0 Å². The number of carbonyl (C=O) groups is 2. The third-order valence-electron chi connectivity index (χ3n) is 4.03. The van der Waals surface area contributed by atoms with Gasteiger partial charge in [-0.3, -0.25) is 9.59 Å². The van der Waals surface area contributed by atoms with E-state index in [-0.39, 0.29) is 18.0 Å². The minimum Gasteiger partial charge on any atom is -0.465 e. The molecule has 2 saturated carbocycles. The predicted molar refractivity (Wildman–Crippen MR) is 45.1 cm³/mol. The number of cyclic esters (lactones) is 1. The average Bonchev–Trinajstić information content (AvgIpc) is 2.78. The van der Waals surface area contributed by atoms with Crippen LogP contribution in [-0.4, -0.2) is 25.2 Å². The monoisotopic (exact) mass is 196 g/mol. The molecular weight excluding hydrogens is 184 g/mol. The average molecular weight is 196 g/mol. The Balaban J connectivity index is 1.82. The van der Waals surface area contributed by atoms with Crippen molar-refractivity contribution in [2.24, 2.45) is 23.7 Å². The molecule has 1 saturated heterocycles. The maximum atomic E-state index is 11.4. The lowest BCUT2D eigenvalue weighted by Crippen LogP contribution is -2.33. The van der Waals surface area contributed by atoms with Crippen LogP contribution in [0.25, 0.3) is 0 Å². The summed E-state index contributed by atoms with van der Waals surface area (Å²) in [7, 11) is 0. The molecule has 3 rings (SSSR count). The molecule has 2 aliphatic carbocycles. The Kier molecular flexibility index (Phi) is 1.60. The zero-order chi connectivity index (χ0) is 9.71. The third kappa shape index (κ3) is 0.885. The Hall–Kier alpha value is -1.06. The minimum atomic E-state index is -0.0351. The van der Waals surface area contributed by atoms with Gasteiger partial charge < -0.3 is 9.47 Å². The molecule has 0 amide bonds. The normalized spacial score (nSPS) is 48.9. The molecule has 1 heterocycles. The smallest absolute Gasteiger partial charge is 0.309 e. The summed E-state index contributed by atoms with van der Waals surface area (Å²) in [4.78, 5) is 21.7. The zero-order valence-corrected chi connectivity index (χ0v) is 7.72. The molecule has 0 radical (unpaired) electrons. The molecule has 0 N–H and O–H groups in total. The molecule has 76 valence electrons. The highest BCUT2D eigenvalue weighted by molar-refractivity contribution is 5.76. The van der Waals surface area contributed by atoms with Crippen molar-refractivity contribution in [1.82, 2.24) is 0 Å². The maximum absolute atomic E-state index is 11.4. The van der Waals surface area contributed by atoms with Gasteiger partial charge in [-0.15, -0.1) is 0 Å². The standard InChI is InChI=1S/C10H12O4/c11-4-14-8-2-5-1-6(8)7-3-13-10(12)9(5)7/h4-9H,1-3H2. The highest BCUT2D eigenvalue weighted by atomic mass is 16.5. The maximum Gasteiger partial charge on any atom is 0.309 e. The van der Waals surface area contributed by atoms with Gasteiger partial charge in [-0.25, -0.2) is 0 Å².